The smallest absolute Gasteiger partial charge is 0.125 e. The van der Waals surface area contributed by atoms with Crippen LogP contribution in [0.2, 0.25) is 5.02 Å². The molecule has 0 aliphatic rings. The number of nitrogens with two attached hydrogens (primary N) is 2. The third kappa shape index (κ3) is 2.12. The van der Waals surface area contributed by atoms with E-state index in [1.807, 2.05) is 13.0 Å². The molecule has 4 N–H and O–H groups in total. The molecule has 0 amide bonds. The quantitative estimate of drug-likeness (QED) is 0.713. The standard InChI is InChI=1S/C9H13ClN2O/c1-5-3-8(13-2)6(9(11)12)4-7(5)10/h3-4,9H,11-12H2,1-2H3. The number of ether oxygens (including phenoxy) is 1. The van der Waals surface area contributed by atoms with E-state index in [0.29, 0.717) is 10.8 Å². The van der Waals surface area contributed by atoms with Crippen LogP contribution in [-0.2, 0) is 0 Å². The highest BCUT2D eigenvalue weighted by Crippen LogP contribution is 2.28. The summed E-state index contributed by atoms with van der Waals surface area (Å²) < 4.78 is 5.12. The summed E-state index contributed by atoms with van der Waals surface area (Å²) in [6.45, 7) is 1.90. The third-order valence-electron chi connectivity index (χ3n) is 1.87. The van der Waals surface area contributed by atoms with Gasteiger partial charge in [0.05, 0.1) is 13.3 Å². The molecule has 1 aromatic carbocycles. The van der Waals surface area contributed by atoms with E-state index in [2.05, 4.69) is 0 Å². The molecule has 3 nitrogen and oxygen atoms in total. The zero-order chi connectivity index (χ0) is 10.0. The minimum absolute atomic E-state index is 0.562. The van der Waals surface area contributed by atoms with Crippen LogP contribution in [0.3, 0.4) is 0 Å². The van der Waals surface area contributed by atoms with Crippen LogP contribution in [0.25, 0.3) is 0 Å². The van der Waals surface area contributed by atoms with E-state index < -0.39 is 6.17 Å². The molecular formula is C9H13ClN2O. The van der Waals surface area contributed by atoms with Gasteiger partial charge >= 0.3 is 0 Å². The Hall–Kier alpha value is -0.770. The average Bonchev–Trinajstić information content (AvgIpc) is 2.08. The molecule has 0 aliphatic carbocycles. The maximum atomic E-state index is 5.92. The van der Waals surface area contributed by atoms with Crippen molar-refractivity contribution in [3.8, 4) is 5.75 Å². The zero-order valence-electron chi connectivity index (χ0n) is 7.67. The summed E-state index contributed by atoms with van der Waals surface area (Å²) in [5, 5.41) is 0.650. The lowest BCUT2D eigenvalue weighted by molar-refractivity contribution is 0.406. The fourth-order valence-corrected chi connectivity index (χ4v) is 1.28. The Bertz CT molecular complexity index is 313. The summed E-state index contributed by atoms with van der Waals surface area (Å²) in [6, 6.07) is 3.56. The van der Waals surface area contributed by atoms with Crippen LogP contribution in [0, 0.1) is 6.92 Å². The number of rotatable bonds is 2. The normalized spacial score (nSPS) is 10.6. The minimum atomic E-state index is -0.562. The van der Waals surface area contributed by atoms with Gasteiger partial charge in [0.15, 0.2) is 0 Å². The molecule has 0 saturated carbocycles. The van der Waals surface area contributed by atoms with Crippen LogP contribution in [-0.4, -0.2) is 7.11 Å². The van der Waals surface area contributed by atoms with E-state index >= 15 is 0 Å². The first-order chi connectivity index (χ1) is 6.06. The molecule has 0 fully saturated rings. The first-order valence-corrected chi connectivity index (χ1v) is 4.29. The Morgan fingerprint density at radius 3 is 2.46 bits per heavy atom. The van der Waals surface area contributed by atoms with Crippen molar-refractivity contribution in [2.75, 3.05) is 7.11 Å². The molecule has 0 heterocycles. The molecule has 0 atom stereocenters. The summed E-state index contributed by atoms with van der Waals surface area (Å²) >= 11 is 5.92. The molecule has 0 saturated heterocycles. The van der Waals surface area contributed by atoms with E-state index in [-0.39, 0.29) is 0 Å². The highest BCUT2D eigenvalue weighted by Gasteiger charge is 2.10. The molecule has 4 heteroatoms. The maximum Gasteiger partial charge on any atom is 0.125 e. The predicted octanol–water partition coefficient (Wildman–Crippen LogP) is 1.57. The minimum Gasteiger partial charge on any atom is -0.496 e. The van der Waals surface area contributed by atoms with Crippen molar-refractivity contribution in [2.45, 2.75) is 13.1 Å². The molecule has 1 aromatic rings. The lowest BCUT2D eigenvalue weighted by atomic mass is 10.1. The lowest BCUT2D eigenvalue weighted by Crippen LogP contribution is -2.20. The fourth-order valence-electron chi connectivity index (χ4n) is 1.11. The van der Waals surface area contributed by atoms with Gasteiger partial charge in [-0.2, -0.15) is 0 Å². The number of hydrogen-bond donors (Lipinski definition) is 2. The highest BCUT2D eigenvalue weighted by atomic mass is 35.5. The number of halogens is 1. The number of benzene rings is 1. The average molecular weight is 201 g/mol. The molecule has 13 heavy (non-hydrogen) atoms. The summed E-state index contributed by atoms with van der Waals surface area (Å²) in [5.41, 5.74) is 12.8. The number of hydrogen-bond acceptors (Lipinski definition) is 3. The van der Waals surface area contributed by atoms with Crippen molar-refractivity contribution >= 4 is 11.6 Å². The molecule has 0 bridgehead atoms. The maximum absolute atomic E-state index is 5.92. The molecule has 1 rings (SSSR count). The van der Waals surface area contributed by atoms with Crippen LogP contribution >= 0.6 is 11.6 Å². The van der Waals surface area contributed by atoms with Crippen molar-refractivity contribution in [1.29, 1.82) is 0 Å². The fraction of sp³-hybridized carbons (Fsp3) is 0.333. The summed E-state index contributed by atoms with van der Waals surface area (Å²) in [6.07, 6.45) is -0.562. The monoisotopic (exact) mass is 200 g/mol. The first-order valence-electron chi connectivity index (χ1n) is 3.91. The van der Waals surface area contributed by atoms with Crippen LogP contribution in [0.5, 0.6) is 5.75 Å². The van der Waals surface area contributed by atoms with Crippen molar-refractivity contribution in [1.82, 2.24) is 0 Å². The first kappa shape index (κ1) is 10.3. The Kier molecular flexibility index (Phi) is 3.14. The van der Waals surface area contributed by atoms with Crippen LogP contribution < -0.4 is 16.2 Å². The summed E-state index contributed by atoms with van der Waals surface area (Å²) in [7, 11) is 1.58. The second-order valence-electron chi connectivity index (χ2n) is 2.87. The predicted molar refractivity (Wildman–Crippen MR) is 53.9 cm³/mol. The summed E-state index contributed by atoms with van der Waals surface area (Å²) in [4.78, 5) is 0. The number of methoxy groups -OCH3 is 1. The van der Waals surface area contributed by atoms with Gasteiger partial charge in [-0.1, -0.05) is 11.6 Å². The van der Waals surface area contributed by atoms with Gasteiger partial charge < -0.3 is 16.2 Å². The second-order valence-corrected chi connectivity index (χ2v) is 3.28. The summed E-state index contributed by atoms with van der Waals surface area (Å²) in [5.74, 6) is 0.678. The van der Waals surface area contributed by atoms with Crippen molar-refractivity contribution in [2.24, 2.45) is 11.5 Å². The van der Waals surface area contributed by atoms with Crippen LogP contribution in [0.1, 0.15) is 17.3 Å². The van der Waals surface area contributed by atoms with Crippen LogP contribution in [0.15, 0.2) is 12.1 Å². The van der Waals surface area contributed by atoms with Crippen molar-refractivity contribution in [3.05, 3.63) is 28.3 Å². The molecule has 72 valence electrons. The Morgan fingerprint density at radius 2 is 2.00 bits per heavy atom. The van der Waals surface area contributed by atoms with Gasteiger partial charge in [-0.05, 0) is 24.6 Å². The molecular weight excluding hydrogens is 188 g/mol. The zero-order valence-corrected chi connectivity index (χ0v) is 8.43. The van der Waals surface area contributed by atoms with Crippen molar-refractivity contribution in [3.63, 3.8) is 0 Å². The Labute approximate surface area is 82.6 Å². The van der Waals surface area contributed by atoms with E-state index in [0.717, 1.165) is 11.1 Å². The van der Waals surface area contributed by atoms with Gasteiger partial charge in [0, 0.05) is 10.6 Å². The molecule has 0 aliphatic heterocycles. The Balaban J connectivity index is 3.25. The van der Waals surface area contributed by atoms with Crippen molar-refractivity contribution < 1.29 is 4.74 Å². The van der Waals surface area contributed by atoms with E-state index in [1.54, 1.807) is 13.2 Å². The van der Waals surface area contributed by atoms with Gasteiger partial charge in [0.1, 0.15) is 5.75 Å². The number of aryl methyl sites for hydroxylation is 1. The topological polar surface area (TPSA) is 61.3 Å². The van der Waals surface area contributed by atoms with Gasteiger partial charge in [-0.3, -0.25) is 0 Å². The van der Waals surface area contributed by atoms with Gasteiger partial charge in [0.25, 0.3) is 0 Å². The van der Waals surface area contributed by atoms with Gasteiger partial charge in [-0.15, -0.1) is 0 Å². The van der Waals surface area contributed by atoms with Gasteiger partial charge in [-0.25, -0.2) is 0 Å². The van der Waals surface area contributed by atoms with E-state index in [9.17, 15) is 0 Å². The van der Waals surface area contributed by atoms with Crippen LogP contribution in [0.4, 0.5) is 0 Å². The van der Waals surface area contributed by atoms with Gasteiger partial charge in [0.2, 0.25) is 0 Å². The van der Waals surface area contributed by atoms with E-state index in [4.69, 9.17) is 27.8 Å². The largest absolute Gasteiger partial charge is 0.496 e. The van der Waals surface area contributed by atoms with E-state index in [1.165, 1.54) is 0 Å². The Morgan fingerprint density at radius 1 is 1.38 bits per heavy atom. The highest BCUT2D eigenvalue weighted by molar-refractivity contribution is 6.31. The molecule has 0 unspecified atom stereocenters. The molecule has 0 aromatic heterocycles. The SMILES string of the molecule is COc1cc(C)c(Cl)cc1C(N)N. The third-order valence-corrected chi connectivity index (χ3v) is 2.28. The molecule has 0 spiro atoms. The second kappa shape index (κ2) is 3.96. The lowest BCUT2D eigenvalue weighted by Gasteiger charge is -2.13. The molecule has 0 radical (unpaired) electrons.